The van der Waals surface area contributed by atoms with Gasteiger partial charge < -0.3 is 9.47 Å². The van der Waals surface area contributed by atoms with Crippen LogP contribution >= 0.6 is 11.3 Å². The first kappa shape index (κ1) is 8.29. The van der Waals surface area contributed by atoms with Gasteiger partial charge in [-0.3, -0.25) is 0 Å². The molecule has 0 N–H and O–H groups in total. The molecule has 0 atom stereocenters. The summed E-state index contributed by atoms with van der Waals surface area (Å²) in [5, 5.41) is 4.95. The fourth-order valence-electron chi connectivity index (χ4n) is 1.84. The van der Waals surface area contributed by atoms with Crippen molar-refractivity contribution in [2.75, 3.05) is 6.79 Å². The van der Waals surface area contributed by atoms with E-state index in [2.05, 4.69) is 9.98 Å². The third-order valence-electron chi connectivity index (χ3n) is 2.61. The van der Waals surface area contributed by atoms with Crippen LogP contribution in [0.2, 0.25) is 0 Å². The largest absolute Gasteiger partial charge is 0.454 e. The first-order valence-corrected chi connectivity index (χ1v) is 5.72. The standard InChI is InChI=1S/C11H6N2O2S/c1-2-16-11(12-1)10-6-3-8-9(15-5-14-8)4-7(6)13-10/h1-4H,5H2. The van der Waals surface area contributed by atoms with Gasteiger partial charge >= 0.3 is 0 Å². The van der Waals surface area contributed by atoms with E-state index in [-0.39, 0.29) is 0 Å². The van der Waals surface area contributed by atoms with Crippen molar-refractivity contribution in [3.63, 3.8) is 0 Å². The van der Waals surface area contributed by atoms with Crippen LogP contribution < -0.4 is 20.0 Å². The maximum Gasteiger partial charge on any atom is 0.231 e. The Morgan fingerprint density at radius 1 is 1.19 bits per heavy atom. The maximum atomic E-state index is 5.34. The number of hydrogen-bond acceptors (Lipinski definition) is 5. The molecule has 0 saturated carbocycles. The summed E-state index contributed by atoms with van der Waals surface area (Å²) in [6.07, 6.45) is 1.79. The zero-order chi connectivity index (χ0) is 10.5. The summed E-state index contributed by atoms with van der Waals surface area (Å²) in [6, 6.07) is 3.89. The highest BCUT2D eigenvalue weighted by Crippen LogP contribution is 2.29. The van der Waals surface area contributed by atoms with Crippen LogP contribution in [-0.2, 0) is 0 Å². The van der Waals surface area contributed by atoms with E-state index in [0.29, 0.717) is 6.79 Å². The fourth-order valence-corrected chi connectivity index (χ4v) is 2.48. The minimum absolute atomic E-state index is 0.296. The van der Waals surface area contributed by atoms with Crippen molar-refractivity contribution in [1.82, 2.24) is 4.98 Å². The van der Waals surface area contributed by atoms with Crippen LogP contribution in [0.3, 0.4) is 0 Å². The van der Waals surface area contributed by atoms with Gasteiger partial charge in [0, 0.05) is 22.9 Å². The second-order valence-corrected chi connectivity index (χ2v) is 4.41. The van der Waals surface area contributed by atoms with Gasteiger partial charge in [-0.1, -0.05) is 0 Å². The van der Waals surface area contributed by atoms with Crippen molar-refractivity contribution < 1.29 is 9.47 Å². The third-order valence-corrected chi connectivity index (χ3v) is 3.39. The molecule has 2 aromatic rings. The summed E-state index contributed by atoms with van der Waals surface area (Å²) < 4.78 is 10.6. The first-order chi connectivity index (χ1) is 7.92. The van der Waals surface area contributed by atoms with Gasteiger partial charge in [-0.25, -0.2) is 9.98 Å². The molecular formula is C11H6N2O2S. The van der Waals surface area contributed by atoms with Gasteiger partial charge in [0.25, 0.3) is 0 Å². The van der Waals surface area contributed by atoms with Crippen LogP contribution in [0.5, 0.6) is 11.5 Å². The molecule has 16 heavy (non-hydrogen) atoms. The summed E-state index contributed by atoms with van der Waals surface area (Å²) >= 11 is 1.59. The SMILES string of the molecule is c1csc(C2=c3cc4c(cc3=N2)OCO4)n1. The van der Waals surface area contributed by atoms with Crippen molar-refractivity contribution >= 4 is 17.0 Å². The second kappa shape index (κ2) is 2.82. The zero-order valence-electron chi connectivity index (χ0n) is 8.14. The molecule has 4 nitrogen and oxygen atoms in total. The van der Waals surface area contributed by atoms with Gasteiger partial charge in [0.1, 0.15) is 10.7 Å². The van der Waals surface area contributed by atoms with Gasteiger partial charge in [0.2, 0.25) is 6.79 Å². The first-order valence-electron chi connectivity index (χ1n) is 4.84. The van der Waals surface area contributed by atoms with E-state index < -0.39 is 0 Å². The average Bonchev–Trinajstić information content (AvgIpc) is 2.91. The molecule has 78 valence electrons. The molecule has 5 heteroatoms. The molecule has 1 aromatic heterocycles. The zero-order valence-corrected chi connectivity index (χ0v) is 8.95. The van der Waals surface area contributed by atoms with Gasteiger partial charge in [-0.2, -0.15) is 0 Å². The van der Waals surface area contributed by atoms with Crippen LogP contribution in [0.1, 0.15) is 5.01 Å². The Hall–Kier alpha value is -1.88. The molecule has 0 bridgehead atoms. The molecule has 0 unspecified atom stereocenters. The van der Waals surface area contributed by atoms with E-state index >= 15 is 0 Å². The summed E-state index contributed by atoms with van der Waals surface area (Å²) in [6.45, 7) is 0.296. The van der Waals surface area contributed by atoms with Crippen LogP contribution in [0.4, 0.5) is 0 Å². The number of aromatic nitrogens is 1. The van der Waals surface area contributed by atoms with E-state index in [0.717, 1.165) is 32.8 Å². The van der Waals surface area contributed by atoms with Crippen molar-refractivity contribution in [2.24, 2.45) is 4.99 Å². The summed E-state index contributed by atoms with van der Waals surface area (Å²) in [7, 11) is 0. The molecule has 3 heterocycles. The molecular weight excluding hydrogens is 224 g/mol. The van der Waals surface area contributed by atoms with Crippen molar-refractivity contribution in [1.29, 1.82) is 0 Å². The van der Waals surface area contributed by atoms with Crippen LogP contribution in [0, 0.1) is 0 Å². The molecule has 2 aliphatic heterocycles. The Morgan fingerprint density at radius 2 is 2.06 bits per heavy atom. The Labute approximate surface area is 94.5 Å². The second-order valence-electron chi connectivity index (χ2n) is 3.52. The number of ether oxygens (including phenoxy) is 2. The fraction of sp³-hybridized carbons (Fsp3) is 0.0909. The van der Waals surface area contributed by atoms with Gasteiger partial charge in [0.15, 0.2) is 11.5 Å². The van der Waals surface area contributed by atoms with Crippen molar-refractivity contribution in [3.8, 4) is 11.5 Å². The number of fused-ring (bicyclic) bond motifs is 2. The summed E-state index contributed by atoms with van der Waals surface area (Å²) in [5.41, 5.74) is 0.948. The lowest BCUT2D eigenvalue weighted by atomic mass is 10.1. The van der Waals surface area contributed by atoms with Crippen LogP contribution in [-0.4, -0.2) is 11.8 Å². The Bertz CT molecular complexity index is 692. The third kappa shape index (κ3) is 0.979. The highest BCUT2D eigenvalue weighted by Gasteiger charge is 2.19. The topological polar surface area (TPSA) is 43.7 Å². The molecule has 0 radical (unpaired) electrons. The molecule has 0 amide bonds. The lowest BCUT2D eigenvalue weighted by molar-refractivity contribution is 0.174. The van der Waals surface area contributed by atoms with Crippen LogP contribution in [0.25, 0.3) is 5.70 Å². The minimum atomic E-state index is 0.296. The van der Waals surface area contributed by atoms with Gasteiger partial charge in [-0.15, -0.1) is 11.3 Å². The molecule has 0 spiro atoms. The van der Waals surface area contributed by atoms with Crippen LogP contribution in [0.15, 0.2) is 28.7 Å². The van der Waals surface area contributed by atoms with Crippen molar-refractivity contribution in [3.05, 3.63) is 39.3 Å². The predicted molar refractivity (Wildman–Crippen MR) is 58.0 cm³/mol. The smallest absolute Gasteiger partial charge is 0.231 e. The molecule has 1 aromatic carbocycles. The monoisotopic (exact) mass is 230 g/mol. The summed E-state index contributed by atoms with van der Waals surface area (Å²) in [4.78, 5) is 8.68. The van der Waals surface area contributed by atoms with Gasteiger partial charge in [0.05, 0.1) is 5.36 Å². The number of hydrogen-bond donors (Lipinski definition) is 0. The molecule has 2 aliphatic rings. The number of rotatable bonds is 1. The van der Waals surface area contributed by atoms with E-state index in [1.165, 1.54) is 0 Å². The number of benzene rings is 1. The quantitative estimate of drug-likeness (QED) is 0.723. The maximum absolute atomic E-state index is 5.34. The Morgan fingerprint density at radius 3 is 2.88 bits per heavy atom. The van der Waals surface area contributed by atoms with E-state index in [9.17, 15) is 0 Å². The lowest BCUT2D eigenvalue weighted by Gasteiger charge is -2.07. The Balaban J connectivity index is 1.98. The molecule has 0 fully saturated rings. The molecule has 0 aliphatic carbocycles. The molecule has 0 saturated heterocycles. The van der Waals surface area contributed by atoms with E-state index in [1.807, 2.05) is 17.5 Å². The summed E-state index contributed by atoms with van der Waals surface area (Å²) in [5.74, 6) is 1.57. The Kier molecular flexibility index (Phi) is 1.46. The highest BCUT2D eigenvalue weighted by molar-refractivity contribution is 7.10. The van der Waals surface area contributed by atoms with E-state index in [4.69, 9.17) is 9.47 Å². The predicted octanol–water partition coefficient (Wildman–Crippen LogP) is 0.661. The molecule has 4 rings (SSSR count). The average molecular weight is 230 g/mol. The minimum Gasteiger partial charge on any atom is -0.454 e. The normalized spacial score (nSPS) is 15.4. The van der Waals surface area contributed by atoms with E-state index in [1.54, 1.807) is 17.5 Å². The highest BCUT2D eigenvalue weighted by atomic mass is 32.1. The number of nitrogens with zero attached hydrogens (tertiary/aromatic N) is 2. The number of thiazole rings is 1. The lowest BCUT2D eigenvalue weighted by Crippen LogP contribution is -2.34. The van der Waals surface area contributed by atoms with Gasteiger partial charge in [-0.05, 0) is 6.07 Å². The van der Waals surface area contributed by atoms with Crippen molar-refractivity contribution in [2.45, 2.75) is 0 Å².